The third kappa shape index (κ3) is 4.01. The Kier molecular flexibility index (Phi) is 4.57. The van der Waals surface area contributed by atoms with Crippen LogP contribution >= 0.6 is 11.6 Å². The lowest BCUT2D eigenvalue weighted by Crippen LogP contribution is -2.12. The second-order valence-electron chi connectivity index (χ2n) is 4.54. The fourth-order valence-electron chi connectivity index (χ4n) is 1.81. The predicted molar refractivity (Wildman–Crippen MR) is 80.2 cm³/mol. The van der Waals surface area contributed by atoms with Gasteiger partial charge < -0.3 is 5.73 Å². The van der Waals surface area contributed by atoms with Crippen molar-refractivity contribution in [2.24, 2.45) is 0 Å². The maximum Gasteiger partial charge on any atom is 0.452 e. The van der Waals surface area contributed by atoms with Crippen molar-refractivity contribution < 1.29 is 26.1 Å². The summed E-state index contributed by atoms with van der Waals surface area (Å²) in [7, 11) is -3.67. The molecule has 130 valence electrons. The van der Waals surface area contributed by atoms with Gasteiger partial charge in [0.1, 0.15) is 0 Å². The molecule has 0 bridgehead atoms. The molecule has 13 heteroatoms. The van der Waals surface area contributed by atoms with Crippen molar-refractivity contribution >= 4 is 44.2 Å². The lowest BCUT2D eigenvalue weighted by atomic mass is 10.3. The van der Waals surface area contributed by atoms with Gasteiger partial charge in [0.2, 0.25) is 11.5 Å². The summed E-state index contributed by atoms with van der Waals surface area (Å²) in [5.41, 5.74) is 5.86. The molecule has 0 aliphatic carbocycles. The Balaban J connectivity index is 0.000000368. The van der Waals surface area contributed by atoms with Crippen LogP contribution in [0.3, 0.4) is 0 Å². The van der Waals surface area contributed by atoms with E-state index in [9.17, 15) is 21.6 Å². The monoisotopic (exact) mass is 383 g/mol. The number of nitrogens with two attached hydrogens (primary N) is 1. The fraction of sp³-hybridized carbons (Fsp3) is 0.182. The molecule has 0 saturated heterocycles. The second-order valence-corrected chi connectivity index (χ2v) is 6.45. The largest absolute Gasteiger partial charge is 0.452 e. The second kappa shape index (κ2) is 6.03. The lowest BCUT2D eigenvalue weighted by molar-refractivity contribution is -0.145. The molecule has 24 heavy (non-hydrogen) atoms. The van der Waals surface area contributed by atoms with Crippen molar-refractivity contribution in [1.29, 1.82) is 0 Å². The number of nitrogen functional groups attached to an aromatic ring is 1. The summed E-state index contributed by atoms with van der Waals surface area (Å²) in [5.74, 6) is -1.29. The molecular weight excluding hydrogens is 375 g/mol. The van der Waals surface area contributed by atoms with Gasteiger partial charge >= 0.3 is 6.18 Å². The van der Waals surface area contributed by atoms with Gasteiger partial charge in [-0.05, 0) is 18.2 Å². The zero-order chi connectivity index (χ0) is 18.3. The summed E-state index contributed by atoms with van der Waals surface area (Å²) in [4.78, 5) is 3.97. The molecule has 3 N–H and O–H groups in total. The van der Waals surface area contributed by atoms with E-state index in [1.807, 2.05) is 0 Å². The summed E-state index contributed by atoms with van der Waals surface area (Å²) in [6.45, 7) is 0. The van der Waals surface area contributed by atoms with E-state index in [0.717, 1.165) is 4.40 Å². The zero-order valence-electron chi connectivity index (χ0n) is 11.8. The van der Waals surface area contributed by atoms with Crippen LogP contribution in [0.5, 0.6) is 0 Å². The molecule has 2 heterocycles. The number of hydrogen-bond donors (Lipinski definition) is 2. The summed E-state index contributed by atoms with van der Waals surface area (Å²) in [6.07, 6.45) is -3.94. The van der Waals surface area contributed by atoms with Crippen LogP contribution in [0.15, 0.2) is 18.2 Å². The van der Waals surface area contributed by atoms with Crippen molar-refractivity contribution in [2.45, 2.75) is 6.18 Å². The topological polar surface area (TPSA) is 123 Å². The number of alkyl halides is 3. The first kappa shape index (κ1) is 18.2. The maximum atomic E-state index is 12.9. The molecule has 1 aromatic carbocycles. The van der Waals surface area contributed by atoms with E-state index in [4.69, 9.17) is 21.9 Å². The Bertz CT molecular complexity index is 1010. The Hall–Kier alpha value is -2.18. The number of aromatic nitrogens is 4. The number of halogens is 4. The first-order chi connectivity index (χ1) is 10.9. The van der Waals surface area contributed by atoms with Crippen molar-refractivity contribution in [3.63, 3.8) is 0 Å². The normalized spacial score (nSPS) is 12.2. The Morgan fingerprint density at radius 3 is 2.42 bits per heavy atom. The number of benzene rings is 1. The predicted octanol–water partition coefficient (Wildman–Crippen LogP) is 2.04. The van der Waals surface area contributed by atoms with Crippen LogP contribution in [0.25, 0.3) is 16.7 Å². The highest BCUT2D eigenvalue weighted by Gasteiger charge is 2.38. The molecule has 0 aliphatic heterocycles. The van der Waals surface area contributed by atoms with E-state index in [0.29, 0.717) is 6.26 Å². The van der Waals surface area contributed by atoms with E-state index < -0.39 is 22.1 Å². The van der Waals surface area contributed by atoms with Crippen molar-refractivity contribution in [1.82, 2.24) is 19.6 Å². The van der Waals surface area contributed by atoms with Gasteiger partial charge in [-0.1, -0.05) is 11.6 Å². The molecule has 8 nitrogen and oxygen atoms in total. The highest BCUT2D eigenvalue weighted by atomic mass is 35.5. The lowest BCUT2D eigenvalue weighted by Gasteiger charge is -2.08. The smallest absolute Gasteiger partial charge is 0.381 e. The fourth-order valence-corrected chi connectivity index (χ4v) is 1.98. The molecule has 2 aromatic heterocycles. The standard InChI is InChI=1S/C10H5ClF3N5.CH4O3S/c11-4-1-2-5-6(3-4)19-8(7(15)16-5)17-18-9(19)10(12,13)14;1-5(2,3)4/h1-3H,(H2,15,16);1H3,(H,2,3,4). The number of hydrogen-bond acceptors (Lipinski definition) is 6. The van der Waals surface area contributed by atoms with Gasteiger partial charge in [0.15, 0.2) is 5.82 Å². The quantitative estimate of drug-likeness (QED) is 0.569. The zero-order valence-corrected chi connectivity index (χ0v) is 13.4. The molecule has 0 fully saturated rings. The van der Waals surface area contributed by atoms with Gasteiger partial charge in [0.25, 0.3) is 10.1 Å². The van der Waals surface area contributed by atoms with Crippen molar-refractivity contribution in [3.8, 4) is 0 Å². The molecule has 0 atom stereocenters. The Labute approximate surface area is 137 Å². The van der Waals surface area contributed by atoms with Crippen LogP contribution in [0.1, 0.15) is 5.82 Å². The molecule has 0 amide bonds. The minimum absolute atomic E-state index is 0.127. The minimum atomic E-state index is -4.65. The van der Waals surface area contributed by atoms with Crippen LogP contribution in [0, 0.1) is 0 Å². The summed E-state index contributed by atoms with van der Waals surface area (Å²) in [5, 5.41) is 6.84. The number of rotatable bonds is 0. The molecule has 0 saturated carbocycles. The molecule has 3 rings (SSSR count). The van der Waals surface area contributed by atoms with Crippen molar-refractivity contribution in [2.75, 3.05) is 12.0 Å². The molecular formula is C11H9ClF3N5O3S. The van der Waals surface area contributed by atoms with Crippen LogP contribution in [0.2, 0.25) is 5.02 Å². The Morgan fingerprint density at radius 2 is 1.88 bits per heavy atom. The van der Waals surface area contributed by atoms with Gasteiger partial charge in [-0.2, -0.15) is 21.6 Å². The first-order valence-electron chi connectivity index (χ1n) is 5.97. The molecule has 3 aromatic rings. The van der Waals surface area contributed by atoms with Crippen LogP contribution < -0.4 is 5.73 Å². The molecule has 0 spiro atoms. The minimum Gasteiger partial charge on any atom is -0.381 e. The maximum absolute atomic E-state index is 12.9. The van der Waals surface area contributed by atoms with Gasteiger partial charge in [-0.15, -0.1) is 10.2 Å². The third-order valence-corrected chi connectivity index (χ3v) is 2.80. The number of fused-ring (bicyclic) bond motifs is 3. The summed E-state index contributed by atoms with van der Waals surface area (Å²) < 4.78 is 65.4. The van der Waals surface area contributed by atoms with Crippen LogP contribution in [-0.2, 0) is 16.3 Å². The third-order valence-electron chi connectivity index (χ3n) is 2.56. The van der Waals surface area contributed by atoms with Gasteiger partial charge in [-0.3, -0.25) is 8.95 Å². The van der Waals surface area contributed by atoms with Gasteiger partial charge in [-0.25, -0.2) is 4.98 Å². The molecule has 0 aliphatic rings. The SMILES string of the molecule is CS(=O)(=O)O.Nc1nc2ccc(Cl)cc2n2c(C(F)(F)F)nnc12. The van der Waals surface area contributed by atoms with Crippen molar-refractivity contribution in [3.05, 3.63) is 29.0 Å². The van der Waals surface area contributed by atoms with E-state index >= 15 is 0 Å². The van der Waals surface area contributed by atoms with Crippen LogP contribution in [0.4, 0.5) is 19.0 Å². The van der Waals surface area contributed by atoms with Crippen LogP contribution in [-0.4, -0.2) is 38.8 Å². The number of anilines is 1. The average molecular weight is 384 g/mol. The average Bonchev–Trinajstić information content (AvgIpc) is 2.83. The number of nitrogens with zero attached hydrogens (tertiary/aromatic N) is 4. The Morgan fingerprint density at radius 1 is 1.29 bits per heavy atom. The van der Waals surface area contributed by atoms with Gasteiger partial charge in [0.05, 0.1) is 17.3 Å². The van der Waals surface area contributed by atoms with Gasteiger partial charge in [0, 0.05) is 5.02 Å². The van der Waals surface area contributed by atoms with E-state index in [1.165, 1.54) is 18.2 Å². The molecule has 0 unspecified atom stereocenters. The van der Waals surface area contributed by atoms with E-state index in [2.05, 4.69) is 15.2 Å². The summed E-state index contributed by atoms with van der Waals surface area (Å²) >= 11 is 5.80. The molecule has 0 radical (unpaired) electrons. The summed E-state index contributed by atoms with van der Waals surface area (Å²) in [6, 6.07) is 4.35. The highest BCUT2D eigenvalue weighted by Crippen LogP contribution is 2.31. The van der Waals surface area contributed by atoms with E-state index in [1.54, 1.807) is 0 Å². The first-order valence-corrected chi connectivity index (χ1v) is 8.20. The van der Waals surface area contributed by atoms with E-state index in [-0.39, 0.29) is 27.5 Å². The highest BCUT2D eigenvalue weighted by molar-refractivity contribution is 7.85.